The minimum absolute atomic E-state index is 0.0346. The fourth-order valence-corrected chi connectivity index (χ4v) is 2.17. The van der Waals surface area contributed by atoms with Crippen LogP contribution < -0.4 is 9.64 Å². The van der Waals surface area contributed by atoms with Crippen LogP contribution in [0.4, 0.5) is 5.82 Å². The molecule has 0 aliphatic rings. The summed E-state index contributed by atoms with van der Waals surface area (Å²) in [5.74, 6) is 1.76. The predicted octanol–water partition coefficient (Wildman–Crippen LogP) is 2.78. The van der Waals surface area contributed by atoms with E-state index in [1.165, 1.54) is 0 Å². The molecular formula is C17H22N4O2S. The van der Waals surface area contributed by atoms with Crippen LogP contribution in [0.2, 0.25) is 0 Å². The number of hydrogen-bond acceptors (Lipinski definition) is 6. The van der Waals surface area contributed by atoms with E-state index in [2.05, 4.69) is 22.6 Å². The zero-order chi connectivity index (χ0) is 17.7. The summed E-state index contributed by atoms with van der Waals surface area (Å²) in [6, 6.07) is 5.72. The van der Waals surface area contributed by atoms with E-state index in [1.54, 1.807) is 31.3 Å². The standard InChI is InChI=1S/C17H22N4O2S/c1-12-6-5-7-14(17(12)24)23-16-11-18-10-15(19-16)21(4)9-8-20(3)13(2)22/h5-7,10-11,24H,8-9H2,1-4H3. The van der Waals surface area contributed by atoms with E-state index in [0.29, 0.717) is 30.5 Å². The number of rotatable bonds is 6. The van der Waals surface area contributed by atoms with Crippen molar-refractivity contribution in [2.75, 3.05) is 32.1 Å². The first-order valence-electron chi connectivity index (χ1n) is 7.60. The van der Waals surface area contributed by atoms with Crippen LogP contribution in [0.5, 0.6) is 11.6 Å². The van der Waals surface area contributed by atoms with E-state index in [-0.39, 0.29) is 5.91 Å². The van der Waals surface area contributed by atoms with Gasteiger partial charge in [-0.05, 0) is 18.6 Å². The largest absolute Gasteiger partial charge is 0.436 e. The van der Waals surface area contributed by atoms with Gasteiger partial charge in [-0.2, -0.15) is 4.98 Å². The Hall–Kier alpha value is -2.28. The van der Waals surface area contributed by atoms with Gasteiger partial charge in [-0.1, -0.05) is 12.1 Å². The second kappa shape index (κ2) is 8.01. The molecule has 1 aromatic carbocycles. The van der Waals surface area contributed by atoms with E-state index in [1.807, 2.05) is 37.1 Å². The molecule has 1 heterocycles. The molecule has 0 unspecified atom stereocenters. The van der Waals surface area contributed by atoms with Crippen LogP contribution in [-0.2, 0) is 4.79 Å². The number of amides is 1. The number of carbonyl (C=O) groups excluding carboxylic acids is 1. The summed E-state index contributed by atoms with van der Waals surface area (Å²) in [5.41, 5.74) is 1.03. The molecule has 0 spiro atoms. The van der Waals surface area contributed by atoms with Gasteiger partial charge in [0.15, 0.2) is 5.82 Å². The third kappa shape index (κ3) is 4.61. The number of ether oxygens (including phenoxy) is 1. The Bertz CT molecular complexity index is 723. The molecular weight excluding hydrogens is 324 g/mol. The number of thiol groups is 1. The lowest BCUT2D eigenvalue weighted by atomic mass is 10.2. The number of hydrogen-bond donors (Lipinski definition) is 1. The second-order valence-corrected chi connectivity index (χ2v) is 6.05. The Kier molecular flexibility index (Phi) is 6.03. The van der Waals surface area contributed by atoms with Gasteiger partial charge in [0.2, 0.25) is 11.8 Å². The highest BCUT2D eigenvalue weighted by molar-refractivity contribution is 7.80. The minimum atomic E-state index is 0.0346. The molecule has 0 bridgehead atoms. The number of benzene rings is 1. The molecule has 0 radical (unpaired) electrons. The molecule has 0 fully saturated rings. The molecule has 2 rings (SSSR count). The molecule has 7 heteroatoms. The summed E-state index contributed by atoms with van der Waals surface area (Å²) in [4.78, 5) is 24.3. The van der Waals surface area contributed by atoms with Gasteiger partial charge < -0.3 is 14.5 Å². The van der Waals surface area contributed by atoms with Gasteiger partial charge in [0.25, 0.3) is 0 Å². The maximum absolute atomic E-state index is 11.3. The van der Waals surface area contributed by atoms with E-state index >= 15 is 0 Å². The molecule has 1 aromatic heterocycles. The van der Waals surface area contributed by atoms with Crippen molar-refractivity contribution in [1.82, 2.24) is 14.9 Å². The summed E-state index contributed by atoms with van der Waals surface area (Å²) in [7, 11) is 3.67. The van der Waals surface area contributed by atoms with Crippen LogP contribution in [-0.4, -0.2) is 48.0 Å². The molecule has 24 heavy (non-hydrogen) atoms. The van der Waals surface area contributed by atoms with Crippen molar-refractivity contribution in [2.24, 2.45) is 0 Å². The smallest absolute Gasteiger partial charge is 0.239 e. The summed E-state index contributed by atoms with van der Waals surface area (Å²) in [6.45, 7) is 4.77. The van der Waals surface area contributed by atoms with Crippen molar-refractivity contribution in [3.63, 3.8) is 0 Å². The highest BCUT2D eigenvalue weighted by atomic mass is 32.1. The maximum atomic E-state index is 11.3. The molecule has 6 nitrogen and oxygen atoms in total. The van der Waals surface area contributed by atoms with Crippen LogP contribution in [0.3, 0.4) is 0 Å². The third-order valence-corrected chi connectivity index (χ3v) is 4.29. The van der Waals surface area contributed by atoms with Crippen LogP contribution in [0.1, 0.15) is 12.5 Å². The van der Waals surface area contributed by atoms with Crippen LogP contribution >= 0.6 is 12.6 Å². The highest BCUT2D eigenvalue weighted by Gasteiger charge is 2.10. The van der Waals surface area contributed by atoms with Crippen molar-refractivity contribution in [2.45, 2.75) is 18.7 Å². The lowest BCUT2D eigenvalue weighted by Gasteiger charge is -2.22. The van der Waals surface area contributed by atoms with Crippen LogP contribution in [0.25, 0.3) is 0 Å². The highest BCUT2D eigenvalue weighted by Crippen LogP contribution is 2.29. The van der Waals surface area contributed by atoms with Gasteiger partial charge in [-0.3, -0.25) is 9.78 Å². The SMILES string of the molecule is CC(=O)N(C)CCN(C)c1cncc(Oc2cccc(C)c2S)n1. The number of nitrogens with zero attached hydrogens (tertiary/aromatic N) is 4. The van der Waals surface area contributed by atoms with Gasteiger partial charge in [-0.25, -0.2) is 0 Å². The van der Waals surface area contributed by atoms with Gasteiger partial charge >= 0.3 is 0 Å². The summed E-state index contributed by atoms with van der Waals surface area (Å²) in [5, 5.41) is 0. The average molecular weight is 346 g/mol. The van der Waals surface area contributed by atoms with E-state index in [9.17, 15) is 4.79 Å². The fraction of sp³-hybridized carbons (Fsp3) is 0.353. The lowest BCUT2D eigenvalue weighted by Crippen LogP contribution is -2.33. The number of aryl methyl sites for hydroxylation is 1. The van der Waals surface area contributed by atoms with E-state index in [0.717, 1.165) is 10.5 Å². The van der Waals surface area contributed by atoms with Gasteiger partial charge in [0.1, 0.15) is 5.75 Å². The van der Waals surface area contributed by atoms with Gasteiger partial charge in [-0.15, -0.1) is 12.6 Å². The lowest BCUT2D eigenvalue weighted by molar-refractivity contribution is -0.127. The first-order chi connectivity index (χ1) is 11.4. The molecule has 128 valence electrons. The first-order valence-corrected chi connectivity index (χ1v) is 8.04. The van der Waals surface area contributed by atoms with Crippen LogP contribution in [0.15, 0.2) is 35.5 Å². The molecule has 0 atom stereocenters. The van der Waals surface area contributed by atoms with Crippen molar-refractivity contribution >= 4 is 24.4 Å². The number of aromatic nitrogens is 2. The third-order valence-electron chi connectivity index (χ3n) is 3.71. The predicted molar refractivity (Wildman–Crippen MR) is 97.1 cm³/mol. The molecule has 0 aliphatic carbocycles. The minimum Gasteiger partial charge on any atom is -0.436 e. The molecule has 0 saturated heterocycles. The molecule has 0 saturated carbocycles. The summed E-state index contributed by atoms with van der Waals surface area (Å²) in [6.07, 6.45) is 3.23. The molecule has 2 aromatic rings. The first kappa shape index (κ1) is 18.1. The monoisotopic (exact) mass is 346 g/mol. The Labute approximate surface area is 147 Å². The topological polar surface area (TPSA) is 58.6 Å². The molecule has 0 N–H and O–H groups in total. The Morgan fingerprint density at radius 3 is 2.71 bits per heavy atom. The zero-order valence-electron chi connectivity index (χ0n) is 14.4. The van der Waals surface area contributed by atoms with Crippen molar-refractivity contribution < 1.29 is 9.53 Å². The summed E-state index contributed by atoms with van der Waals surface area (Å²) < 4.78 is 5.80. The van der Waals surface area contributed by atoms with Crippen molar-refractivity contribution in [3.05, 3.63) is 36.2 Å². The van der Waals surface area contributed by atoms with Gasteiger partial charge in [0.05, 0.1) is 12.4 Å². The zero-order valence-corrected chi connectivity index (χ0v) is 15.2. The average Bonchev–Trinajstić information content (AvgIpc) is 2.56. The number of anilines is 1. The molecule has 1 amide bonds. The van der Waals surface area contributed by atoms with Crippen molar-refractivity contribution in [3.8, 4) is 11.6 Å². The van der Waals surface area contributed by atoms with Crippen molar-refractivity contribution in [1.29, 1.82) is 0 Å². The van der Waals surface area contributed by atoms with E-state index in [4.69, 9.17) is 4.74 Å². The summed E-state index contributed by atoms with van der Waals surface area (Å²) >= 11 is 4.46. The number of carbonyl (C=O) groups is 1. The van der Waals surface area contributed by atoms with E-state index < -0.39 is 0 Å². The number of likely N-dealkylation sites (N-methyl/N-ethyl adjacent to an activating group) is 2. The Morgan fingerprint density at radius 1 is 1.25 bits per heavy atom. The Morgan fingerprint density at radius 2 is 2.00 bits per heavy atom. The van der Waals surface area contributed by atoms with Gasteiger partial charge in [0, 0.05) is 39.0 Å². The maximum Gasteiger partial charge on any atom is 0.239 e. The molecule has 0 aliphatic heterocycles. The Balaban J connectivity index is 2.08. The quantitative estimate of drug-likeness (QED) is 0.815. The van der Waals surface area contributed by atoms with Crippen LogP contribution in [0, 0.1) is 6.92 Å². The fourth-order valence-electron chi connectivity index (χ4n) is 1.97. The normalized spacial score (nSPS) is 10.4. The second-order valence-electron chi connectivity index (χ2n) is 5.60.